The molecule has 0 fully saturated rings. The van der Waals surface area contributed by atoms with Gasteiger partial charge in [0.25, 0.3) is 0 Å². The second kappa shape index (κ2) is 9.12. The minimum Gasteiger partial charge on any atom is -0.323 e. The van der Waals surface area contributed by atoms with E-state index >= 15 is 0 Å². The maximum atomic E-state index is 2.08. The van der Waals surface area contributed by atoms with Crippen LogP contribution in [0.15, 0.2) is 30.3 Å². The molecule has 0 radical (unpaired) electrons. The van der Waals surface area contributed by atoms with Gasteiger partial charge < -0.3 is 5.92 Å². The molecular weight excluding hydrogens is 132 g/mol. The molecule has 0 aliphatic rings. The first-order valence-electron chi connectivity index (χ1n) is 3.17. The quantitative estimate of drug-likeness (QED) is 0.390. The fourth-order valence-electron chi connectivity index (χ4n) is 0.321. The van der Waals surface area contributed by atoms with Crippen molar-refractivity contribution in [3.8, 4) is 0 Å². The summed E-state index contributed by atoms with van der Waals surface area (Å²) in [6, 6.07) is 10.0. The molecule has 0 spiro atoms. The van der Waals surface area contributed by atoms with Crippen LogP contribution in [0.4, 0.5) is 0 Å². The molecule has 0 aliphatic heterocycles. The zero-order valence-electron chi connectivity index (χ0n) is 7.09. The molecule has 1 heteroatoms. The van der Waals surface area contributed by atoms with E-state index < -0.39 is 0 Å². The van der Waals surface area contributed by atoms with Gasteiger partial charge in [0.2, 0.25) is 0 Å². The average molecular weight is 147 g/mol. The van der Waals surface area contributed by atoms with Crippen LogP contribution in [0.25, 0.3) is 0 Å². The van der Waals surface area contributed by atoms with Gasteiger partial charge in [-0.3, -0.25) is 0 Å². The zero-order valence-corrected chi connectivity index (χ0v) is 8.51. The molecule has 1 aromatic carbocycles. The van der Waals surface area contributed by atoms with E-state index in [1.165, 1.54) is 5.92 Å². The molecule has 1 aromatic rings. The van der Waals surface area contributed by atoms with E-state index in [0.717, 1.165) is 0 Å². The molecule has 0 bridgehead atoms. The van der Waals surface area contributed by atoms with Gasteiger partial charge in [0.1, 0.15) is 0 Å². The minimum absolute atomic E-state index is 0. The van der Waals surface area contributed by atoms with Gasteiger partial charge in [-0.1, -0.05) is 0 Å². The SMILES string of the molecule is C[C-](C)C.[Mg+2].c1cc[cH-]c1. The van der Waals surface area contributed by atoms with Crippen LogP contribution in [0.5, 0.6) is 0 Å². The minimum atomic E-state index is 0. The van der Waals surface area contributed by atoms with Crippen molar-refractivity contribution in [1.29, 1.82) is 0 Å². The summed E-state index contributed by atoms with van der Waals surface area (Å²) in [6.07, 6.45) is 0. The van der Waals surface area contributed by atoms with E-state index in [4.69, 9.17) is 0 Å². The van der Waals surface area contributed by atoms with Crippen molar-refractivity contribution < 1.29 is 0 Å². The summed E-state index contributed by atoms with van der Waals surface area (Å²) >= 11 is 0. The Morgan fingerprint density at radius 1 is 1.00 bits per heavy atom. The van der Waals surface area contributed by atoms with Crippen LogP contribution in [0.3, 0.4) is 0 Å². The summed E-state index contributed by atoms with van der Waals surface area (Å²) in [5, 5.41) is 0. The van der Waals surface area contributed by atoms with Crippen molar-refractivity contribution in [3.63, 3.8) is 0 Å². The van der Waals surface area contributed by atoms with Crippen molar-refractivity contribution in [1.82, 2.24) is 0 Å². The molecule has 0 nitrogen and oxygen atoms in total. The van der Waals surface area contributed by atoms with Gasteiger partial charge in [0.05, 0.1) is 0 Å². The van der Waals surface area contributed by atoms with E-state index in [1.807, 2.05) is 30.3 Å². The second-order valence-electron chi connectivity index (χ2n) is 2.46. The topological polar surface area (TPSA) is 0 Å². The first-order chi connectivity index (χ1) is 4.23. The Bertz CT molecular complexity index is 88.3. The van der Waals surface area contributed by atoms with Crippen LogP contribution in [-0.4, -0.2) is 23.1 Å². The van der Waals surface area contributed by atoms with Crippen LogP contribution >= 0.6 is 0 Å². The largest absolute Gasteiger partial charge is 2.00 e. The Morgan fingerprint density at radius 2 is 1.30 bits per heavy atom. The van der Waals surface area contributed by atoms with Crippen LogP contribution in [0.2, 0.25) is 0 Å². The molecule has 10 heavy (non-hydrogen) atoms. The summed E-state index contributed by atoms with van der Waals surface area (Å²) in [5.74, 6) is 1.42. The fourth-order valence-corrected chi connectivity index (χ4v) is 0.321. The van der Waals surface area contributed by atoms with E-state index in [-0.39, 0.29) is 23.1 Å². The first-order valence-corrected chi connectivity index (χ1v) is 3.17. The molecule has 0 saturated carbocycles. The summed E-state index contributed by atoms with van der Waals surface area (Å²) in [6.45, 7) is 6.25. The van der Waals surface area contributed by atoms with E-state index in [1.54, 1.807) is 0 Å². The third-order valence-corrected chi connectivity index (χ3v) is 0.556. The van der Waals surface area contributed by atoms with Gasteiger partial charge in [-0.2, -0.15) is 39.0 Å². The average Bonchev–Trinajstić information content (AvgIpc) is 2.11. The van der Waals surface area contributed by atoms with Crippen LogP contribution in [-0.2, 0) is 0 Å². The summed E-state index contributed by atoms with van der Waals surface area (Å²) in [4.78, 5) is 0. The van der Waals surface area contributed by atoms with Gasteiger partial charge >= 0.3 is 23.1 Å². The van der Waals surface area contributed by atoms with Crippen LogP contribution in [0, 0.1) is 5.92 Å². The maximum absolute atomic E-state index is 2.08. The van der Waals surface area contributed by atoms with Crippen LogP contribution < -0.4 is 0 Å². The Hall–Kier alpha value is 0.116. The molecule has 0 aliphatic carbocycles. The Kier molecular flexibility index (Phi) is 11.6. The molecule has 0 saturated heterocycles. The Morgan fingerprint density at radius 3 is 1.40 bits per heavy atom. The molecular formula is C9H14Mg. The molecule has 0 unspecified atom stereocenters. The fraction of sp³-hybridized carbons (Fsp3) is 0.333. The second-order valence-corrected chi connectivity index (χ2v) is 2.46. The monoisotopic (exact) mass is 146 g/mol. The standard InChI is InChI=1S/C5H5.C4H9.Mg/c1-2-4-5-3-1;1-4(2)3;/h1-5H;1-3H3;/q2*-1;+2. The van der Waals surface area contributed by atoms with E-state index in [2.05, 4.69) is 20.8 Å². The molecule has 52 valence electrons. The molecule has 0 aromatic heterocycles. The third-order valence-electron chi connectivity index (χ3n) is 0.556. The molecule has 0 atom stereocenters. The van der Waals surface area contributed by atoms with Crippen molar-refractivity contribution >= 4 is 23.1 Å². The normalized spacial score (nSPS) is 7.60. The van der Waals surface area contributed by atoms with Gasteiger partial charge in [-0.25, -0.2) is 12.1 Å². The number of hydrogen-bond acceptors (Lipinski definition) is 0. The number of rotatable bonds is 0. The summed E-state index contributed by atoms with van der Waals surface area (Å²) in [7, 11) is 0. The van der Waals surface area contributed by atoms with Crippen molar-refractivity contribution in [2.75, 3.05) is 0 Å². The smallest absolute Gasteiger partial charge is 0.323 e. The van der Waals surface area contributed by atoms with Crippen molar-refractivity contribution in [2.24, 2.45) is 0 Å². The van der Waals surface area contributed by atoms with Gasteiger partial charge in [-0.15, -0.1) is 0 Å². The molecule has 0 heterocycles. The van der Waals surface area contributed by atoms with E-state index in [0.29, 0.717) is 0 Å². The Labute approximate surface area is 80.2 Å². The maximum Gasteiger partial charge on any atom is 2.00 e. The number of hydrogen-bond donors (Lipinski definition) is 0. The third kappa shape index (κ3) is 15.7. The van der Waals surface area contributed by atoms with Crippen LogP contribution in [0.1, 0.15) is 20.8 Å². The molecule has 0 N–H and O–H groups in total. The predicted molar refractivity (Wildman–Crippen MR) is 48.1 cm³/mol. The van der Waals surface area contributed by atoms with Gasteiger partial charge in [0.15, 0.2) is 0 Å². The predicted octanol–water partition coefficient (Wildman–Crippen LogP) is 2.65. The van der Waals surface area contributed by atoms with E-state index in [9.17, 15) is 0 Å². The zero-order chi connectivity index (χ0) is 7.11. The Balaban J connectivity index is 0. The van der Waals surface area contributed by atoms with Gasteiger partial charge in [-0.05, 0) is 0 Å². The van der Waals surface area contributed by atoms with Gasteiger partial charge in [0, 0.05) is 0 Å². The summed E-state index contributed by atoms with van der Waals surface area (Å²) < 4.78 is 0. The van der Waals surface area contributed by atoms with Crippen molar-refractivity contribution in [3.05, 3.63) is 36.2 Å². The molecule has 1 rings (SSSR count). The van der Waals surface area contributed by atoms with Crippen molar-refractivity contribution in [2.45, 2.75) is 20.8 Å². The summed E-state index contributed by atoms with van der Waals surface area (Å²) in [5.41, 5.74) is 0. The molecule has 0 amide bonds. The first kappa shape index (κ1) is 12.8.